The summed E-state index contributed by atoms with van der Waals surface area (Å²) >= 11 is 0. The zero-order valence-electron chi connectivity index (χ0n) is 16.0. The van der Waals surface area contributed by atoms with Gasteiger partial charge in [-0.15, -0.1) is 0 Å². The van der Waals surface area contributed by atoms with Gasteiger partial charge in [-0.05, 0) is 36.8 Å². The molecule has 144 valence electrons. The zero-order valence-corrected chi connectivity index (χ0v) is 16.0. The summed E-state index contributed by atoms with van der Waals surface area (Å²) in [5.41, 5.74) is 3.99. The fourth-order valence-electron chi connectivity index (χ4n) is 3.49. The molecule has 0 aliphatic rings. The second-order valence-corrected chi connectivity index (χ2v) is 6.82. The molecule has 4 rings (SSSR count). The number of furan rings is 1. The summed E-state index contributed by atoms with van der Waals surface area (Å²) < 4.78 is 7.11. The van der Waals surface area contributed by atoms with Gasteiger partial charge in [-0.2, -0.15) is 5.26 Å². The van der Waals surface area contributed by atoms with Crippen LogP contribution >= 0.6 is 0 Å². The van der Waals surface area contributed by atoms with Crippen LogP contribution in [0.4, 0.5) is 0 Å². The van der Waals surface area contributed by atoms with E-state index in [1.165, 1.54) is 12.5 Å². The molecule has 4 aromatic rings. The highest BCUT2D eigenvalue weighted by atomic mass is 16.3. The first-order valence-electron chi connectivity index (χ1n) is 9.43. The number of nitrogens with one attached hydrogen (secondary N) is 1. The summed E-state index contributed by atoms with van der Waals surface area (Å²) in [6.07, 6.45) is 3.46. The smallest absolute Gasteiger partial charge is 0.254 e. The number of nitriles is 1. The van der Waals surface area contributed by atoms with Crippen LogP contribution in [0.3, 0.4) is 0 Å². The van der Waals surface area contributed by atoms with E-state index in [1.807, 2.05) is 30.3 Å². The van der Waals surface area contributed by atoms with E-state index in [4.69, 9.17) is 9.40 Å². The molecular weight excluding hydrogens is 364 g/mol. The van der Waals surface area contributed by atoms with Gasteiger partial charge in [-0.3, -0.25) is 4.79 Å². The molecule has 1 N–H and O–H groups in total. The summed E-state index contributed by atoms with van der Waals surface area (Å²) in [7, 11) is 0. The number of aromatic nitrogens is 2. The van der Waals surface area contributed by atoms with Crippen molar-refractivity contribution in [2.75, 3.05) is 6.54 Å². The minimum atomic E-state index is -0.177. The molecule has 29 heavy (non-hydrogen) atoms. The van der Waals surface area contributed by atoms with Gasteiger partial charge in [-0.1, -0.05) is 30.3 Å². The van der Waals surface area contributed by atoms with Gasteiger partial charge in [0.15, 0.2) is 0 Å². The number of nitrogens with zero attached hydrogens (tertiary/aromatic N) is 3. The molecule has 2 heterocycles. The van der Waals surface area contributed by atoms with Crippen LogP contribution in [0.15, 0.2) is 71.5 Å². The maximum atomic E-state index is 12.2. The van der Waals surface area contributed by atoms with Crippen LogP contribution in [-0.4, -0.2) is 22.0 Å². The Bertz CT molecular complexity index is 1170. The van der Waals surface area contributed by atoms with Crippen molar-refractivity contribution >= 4 is 16.9 Å². The van der Waals surface area contributed by atoms with E-state index >= 15 is 0 Å². The first-order chi connectivity index (χ1) is 14.2. The lowest BCUT2D eigenvalue weighted by molar-refractivity contribution is 0.0953. The number of amides is 1. The molecule has 2 aromatic carbocycles. The highest BCUT2D eigenvalue weighted by molar-refractivity contribution is 5.93. The van der Waals surface area contributed by atoms with Crippen LogP contribution in [-0.2, 0) is 6.42 Å². The minimum Gasteiger partial charge on any atom is -0.472 e. The Morgan fingerprint density at radius 2 is 2.07 bits per heavy atom. The van der Waals surface area contributed by atoms with Crippen LogP contribution in [0.2, 0.25) is 0 Å². The Balaban J connectivity index is 1.65. The lowest BCUT2D eigenvalue weighted by atomic mass is 10.1. The SMILES string of the molecule is C[C@@H](c1ccccc1)n1c(CCNC(=O)c2ccoc2)nc2ccc(C#N)cc21. The van der Waals surface area contributed by atoms with Crippen molar-refractivity contribution in [2.24, 2.45) is 0 Å². The van der Waals surface area contributed by atoms with Crippen LogP contribution in [0.1, 0.15) is 40.3 Å². The van der Waals surface area contributed by atoms with Crippen molar-refractivity contribution in [3.8, 4) is 6.07 Å². The van der Waals surface area contributed by atoms with Crippen molar-refractivity contribution in [1.29, 1.82) is 5.26 Å². The predicted molar refractivity (Wildman–Crippen MR) is 109 cm³/mol. The fraction of sp³-hybridized carbons (Fsp3) is 0.174. The van der Waals surface area contributed by atoms with Crippen LogP contribution in [0, 0.1) is 11.3 Å². The molecule has 0 aliphatic heterocycles. The molecule has 0 aliphatic carbocycles. The van der Waals surface area contributed by atoms with Gasteiger partial charge in [0.2, 0.25) is 0 Å². The van der Waals surface area contributed by atoms with Crippen molar-refractivity contribution in [1.82, 2.24) is 14.9 Å². The highest BCUT2D eigenvalue weighted by Crippen LogP contribution is 2.27. The predicted octanol–water partition coefficient (Wildman–Crippen LogP) is 4.08. The molecule has 0 saturated heterocycles. The standard InChI is InChI=1S/C23H20N4O2/c1-16(18-5-3-2-4-6-18)27-21-13-17(14-24)7-8-20(21)26-22(27)9-11-25-23(28)19-10-12-29-15-19/h2-8,10,12-13,15-16H,9,11H2,1H3,(H,25,28)/t16-/m0/s1. The van der Waals surface area contributed by atoms with E-state index in [2.05, 4.69) is 35.0 Å². The Morgan fingerprint density at radius 1 is 1.24 bits per heavy atom. The first kappa shape index (κ1) is 18.5. The lowest BCUT2D eigenvalue weighted by Crippen LogP contribution is -2.26. The number of hydrogen-bond donors (Lipinski definition) is 1. The molecule has 0 fully saturated rings. The normalized spacial score (nSPS) is 11.9. The molecule has 1 atom stereocenters. The lowest BCUT2D eigenvalue weighted by Gasteiger charge is -2.18. The third kappa shape index (κ3) is 3.76. The number of carbonyl (C=O) groups excluding carboxylic acids is 1. The third-order valence-electron chi connectivity index (χ3n) is 4.98. The molecular formula is C23H20N4O2. The van der Waals surface area contributed by atoms with Crippen molar-refractivity contribution in [3.63, 3.8) is 0 Å². The van der Waals surface area contributed by atoms with Crippen LogP contribution < -0.4 is 5.32 Å². The number of carbonyl (C=O) groups is 1. The maximum absolute atomic E-state index is 12.2. The summed E-state index contributed by atoms with van der Waals surface area (Å²) in [5.74, 6) is 0.684. The number of rotatable bonds is 6. The quantitative estimate of drug-likeness (QED) is 0.543. The topological polar surface area (TPSA) is 83.8 Å². The molecule has 6 nitrogen and oxygen atoms in total. The molecule has 2 aromatic heterocycles. The number of imidazole rings is 1. The van der Waals surface area contributed by atoms with E-state index < -0.39 is 0 Å². The molecule has 0 bridgehead atoms. The summed E-state index contributed by atoms with van der Waals surface area (Å²) in [4.78, 5) is 16.9. The van der Waals surface area contributed by atoms with Crippen LogP contribution in [0.5, 0.6) is 0 Å². The molecule has 0 unspecified atom stereocenters. The largest absolute Gasteiger partial charge is 0.472 e. The van der Waals surface area contributed by atoms with E-state index in [9.17, 15) is 10.1 Å². The average molecular weight is 384 g/mol. The van der Waals surface area contributed by atoms with Gasteiger partial charge in [0, 0.05) is 13.0 Å². The monoisotopic (exact) mass is 384 g/mol. The first-order valence-corrected chi connectivity index (χ1v) is 9.43. The zero-order chi connectivity index (χ0) is 20.2. The molecule has 0 saturated carbocycles. The number of hydrogen-bond acceptors (Lipinski definition) is 4. The van der Waals surface area contributed by atoms with Gasteiger partial charge >= 0.3 is 0 Å². The molecule has 0 spiro atoms. The second kappa shape index (κ2) is 8.03. The Kier molecular flexibility index (Phi) is 5.12. The minimum absolute atomic E-state index is 0.0368. The van der Waals surface area contributed by atoms with E-state index in [0.717, 1.165) is 22.4 Å². The second-order valence-electron chi connectivity index (χ2n) is 6.82. The fourth-order valence-corrected chi connectivity index (χ4v) is 3.49. The van der Waals surface area contributed by atoms with E-state index in [0.29, 0.717) is 24.1 Å². The van der Waals surface area contributed by atoms with Gasteiger partial charge in [0.05, 0.1) is 40.5 Å². The summed E-state index contributed by atoms with van der Waals surface area (Å²) in [6, 6.07) is 19.6. The van der Waals surface area contributed by atoms with Crippen molar-refractivity contribution in [2.45, 2.75) is 19.4 Å². The van der Waals surface area contributed by atoms with E-state index in [1.54, 1.807) is 12.1 Å². The van der Waals surface area contributed by atoms with Gasteiger partial charge in [0.25, 0.3) is 5.91 Å². The highest BCUT2D eigenvalue weighted by Gasteiger charge is 2.18. The maximum Gasteiger partial charge on any atom is 0.254 e. The number of benzene rings is 2. The van der Waals surface area contributed by atoms with Crippen molar-refractivity contribution in [3.05, 3.63) is 89.6 Å². The third-order valence-corrected chi connectivity index (χ3v) is 4.98. The number of fused-ring (bicyclic) bond motifs is 1. The van der Waals surface area contributed by atoms with Gasteiger partial charge < -0.3 is 14.3 Å². The van der Waals surface area contributed by atoms with Crippen LogP contribution in [0.25, 0.3) is 11.0 Å². The van der Waals surface area contributed by atoms with Gasteiger partial charge in [-0.25, -0.2) is 4.98 Å². The Morgan fingerprint density at radius 3 is 2.79 bits per heavy atom. The molecule has 6 heteroatoms. The average Bonchev–Trinajstić information content (AvgIpc) is 3.41. The van der Waals surface area contributed by atoms with E-state index in [-0.39, 0.29) is 11.9 Å². The molecule has 1 amide bonds. The summed E-state index contributed by atoms with van der Waals surface area (Å²) in [5, 5.41) is 12.2. The Labute approximate surface area is 168 Å². The molecule has 0 radical (unpaired) electrons. The van der Waals surface area contributed by atoms with Gasteiger partial charge in [0.1, 0.15) is 12.1 Å². The Hall–Kier alpha value is -3.85. The van der Waals surface area contributed by atoms with Crippen molar-refractivity contribution < 1.29 is 9.21 Å². The summed E-state index contributed by atoms with van der Waals surface area (Å²) in [6.45, 7) is 2.56.